The fraction of sp³-hybridized carbons (Fsp3) is 0.857. The molecule has 1 heterocycles. The van der Waals surface area contributed by atoms with Crippen LogP contribution in [-0.2, 0) is 6.54 Å². The summed E-state index contributed by atoms with van der Waals surface area (Å²) in [7, 11) is 1.90. The fourth-order valence-electron chi connectivity index (χ4n) is 1.02. The van der Waals surface area contributed by atoms with Crippen molar-refractivity contribution in [1.29, 1.82) is 0 Å². The van der Waals surface area contributed by atoms with Crippen LogP contribution < -0.4 is 5.32 Å². The van der Waals surface area contributed by atoms with Gasteiger partial charge in [0.25, 0.3) is 0 Å². The normalized spacial score (nSPS) is 13.2. The van der Waals surface area contributed by atoms with Crippen LogP contribution >= 0.6 is 0 Å². The van der Waals surface area contributed by atoms with E-state index < -0.39 is 0 Å². The van der Waals surface area contributed by atoms with Crippen LogP contribution in [0.5, 0.6) is 0 Å². The molecular weight excluding hydrogens is 154 g/mol. The molecule has 5 heteroatoms. The topological polar surface area (TPSA) is 55.6 Å². The highest BCUT2D eigenvalue weighted by molar-refractivity contribution is 4.88. The quantitative estimate of drug-likeness (QED) is 0.707. The van der Waals surface area contributed by atoms with E-state index in [-0.39, 0.29) is 6.04 Å². The molecule has 12 heavy (non-hydrogen) atoms. The lowest BCUT2D eigenvalue weighted by Gasteiger charge is -2.08. The molecule has 1 rings (SSSR count). The van der Waals surface area contributed by atoms with Crippen molar-refractivity contribution in [2.45, 2.75) is 32.9 Å². The van der Waals surface area contributed by atoms with Crippen LogP contribution in [0.25, 0.3) is 0 Å². The zero-order chi connectivity index (χ0) is 8.97. The van der Waals surface area contributed by atoms with Crippen LogP contribution in [-0.4, -0.2) is 27.3 Å². The van der Waals surface area contributed by atoms with Gasteiger partial charge in [0, 0.05) is 6.54 Å². The maximum Gasteiger partial charge on any atom is 0.167 e. The number of nitrogens with one attached hydrogen (secondary N) is 1. The molecule has 1 unspecified atom stereocenters. The van der Waals surface area contributed by atoms with E-state index in [0.29, 0.717) is 0 Å². The summed E-state index contributed by atoms with van der Waals surface area (Å²) < 4.78 is 1.83. The third-order valence-corrected chi connectivity index (χ3v) is 1.82. The van der Waals surface area contributed by atoms with Gasteiger partial charge in [0.2, 0.25) is 0 Å². The lowest BCUT2D eigenvalue weighted by atomic mass is 10.3. The minimum atomic E-state index is 0.214. The number of nitrogens with zero attached hydrogens (tertiary/aromatic N) is 4. The summed E-state index contributed by atoms with van der Waals surface area (Å²) >= 11 is 0. The van der Waals surface area contributed by atoms with Crippen LogP contribution in [0.15, 0.2) is 0 Å². The van der Waals surface area contributed by atoms with E-state index in [0.717, 1.165) is 18.8 Å². The standard InChI is InChI=1S/C7H15N5/c1-4-5-12-7(6(2)8-3)9-10-11-12/h6,8H,4-5H2,1-3H3. The Hall–Kier alpha value is -0.970. The zero-order valence-electron chi connectivity index (χ0n) is 7.78. The molecule has 1 N–H and O–H groups in total. The Labute approximate surface area is 72.2 Å². The van der Waals surface area contributed by atoms with Gasteiger partial charge in [0.05, 0.1) is 6.04 Å². The van der Waals surface area contributed by atoms with Crippen molar-refractivity contribution < 1.29 is 0 Å². The fourth-order valence-corrected chi connectivity index (χ4v) is 1.02. The van der Waals surface area contributed by atoms with E-state index >= 15 is 0 Å². The number of hydrogen-bond acceptors (Lipinski definition) is 4. The Balaban J connectivity index is 2.76. The van der Waals surface area contributed by atoms with Crippen molar-refractivity contribution in [1.82, 2.24) is 25.5 Å². The molecular formula is C7H15N5. The summed E-state index contributed by atoms with van der Waals surface area (Å²) in [5, 5.41) is 14.6. The molecule has 0 spiro atoms. The van der Waals surface area contributed by atoms with Crippen LogP contribution in [0.1, 0.15) is 32.1 Å². The molecule has 0 aliphatic rings. The van der Waals surface area contributed by atoms with Gasteiger partial charge < -0.3 is 5.32 Å². The second-order valence-corrected chi connectivity index (χ2v) is 2.77. The summed E-state index contributed by atoms with van der Waals surface area (Å²) in [6.07, 6.45) is 1.05. The number of aromatic nitrogens is 4. The molecule has 0 saturated heterocycles. The molecule has 1 atom stereocenters. The van der Waals surface area contributed by atoms with Gasteiger partial charge in [0.1, 0.15) is 0 Å². The van der Waals surface area contributed by atoms with E-state index in [1.54, 1.807) is 0 Å². The second kappa shape index (κ2) is 4.15. The van der Waals surface area contributed by atoms with Crippen LogP contribution in [0.2, 0.25) is 0 Å². The van der Waals surface area contributed by atoms with Gasteiger partial charge in [0.15, 0.2) is 5.82 Å². The lowest BCUT2D eigenvalue weighted by Crippen LogP contribution is -2.18. The number of tetrazole rings is 1. The first-order valence-corrected chi connectivity index (χ1v) is 4.23. The van der Waals surface area contributed by atoms with Gasteiger partial charge >= 0.3 is 0 Å². The molecule has 5 nitrogen and oxygen atoms in total. The molecule has 1 aromatic heterocycles. The van der Waals surface area contributed by atoms with Crippen molar-refractivity contribution >= 4 is 0 Å². The summed E-state index contributed by atoms with van der Waals surface area (Å²) in [5.41, 5.74) is 0. The third-order valence-electron chi connectivity index (χ3n) is 1.82. The second-order valence-electron chi connectivity index (χ2n) is 2.77. The van der Waals surface area contributed by atoms with Crippen molar-refractivity contribution in [2.75, 3.05) is 7.05 Å². The molecule has 1 aromatic rings. The molecule has 0 amide bonds. The summed E-state index contributed by atoms with van der Waals surface area (Å²) in [6.45, 7) is 5.03. The van der Waals surface area contributed by atoms with Gasteiger partial charge in [-0.15, -0.1) is 5.10 Å². The van der Waals surface area contributed by atoms with Gasteiger partial charge in [-0.2, -0.15) is 0 Å². The van der Waals surface area contributed by atoms with Gasteiger partial charge in [-0.25, -0.2) is 4.68 Å². The zero-order valence-corrected chi connectivity index (χ0v) is 7.78. The first-order valence-electron chi connectivity index (χ1n) is 4.23. The molecule has 0 aromatic carbocycles. The molecule has 0 aliphatic heterocycles. The Kier molecular flexibility index (Phi) is 3.16. The van der Waals surface area contributed by atoms with Crippen LogP contribution in [0.4, 0.5) is 0 Å². The molecule has 0 fully saturated rings. The van der Waals surface area contributed by atoms with Crippen molar-refractivity contribution in [3.05, 3.63) is 5.82 Å². The van der Waals surface area contributed by atoms with Crippen LogP contribution in [0, 0.1) is 0 Å². The number of hydrogen-bond donors (Lipinski definition) is 1. The predicted molar refractivity (Wildman–Crippen MR) is 45.6 cm³/mol. The maximum atomic E-state index is 3.94. The third kappa shape index (κ3) is 1.79. The Bertz CT molecular complexity index is 231. The lowest BCUT2D eigenvalue weighted by molar-refractivity contribution is 0.507. The number of aryl methyl sites for hydroxylation is 1. The van der Waals surface area contributed by atoms with E-state index in [2.05, 4.69) is 27.8 Å². The van der Waals surface area contributed by atoms with Crippen molar-refractivity contribution in [3.63, 3.8) is 0 Å². The van der Waals surface area contributed by atoms with E-state index in [4.69, 9.17) is 0 Å². The Morgan fingerprint density at radius 1 is 1.58 bits per heavy atom. The molecule has 0 bridgehead atoms. The minimum Gasteiger partial charge on any atom is -0.311 e. The maximum absolute atomic E-state index is 3.94. The largest absolute Gasteiger partial charge is 0.311 e. The van der Waals surface area contributed by atoms with Crippen LogP contribution in [0.3, 0.4) is 0 Å². The van der Waals surface area contributed by atoms with Crippen molar-refractivity contribution in [2.24, 2.45) is 0 Å². The Morgan fingerprint density at radius 3 is 2.92 bits per heavy atom. The van der Waals surface area contributed by atoms with E-state index in [1.807, 2.05) is 18.7 Å². The van der Waals surface area contributed by atoms with Gasteiger partial charge in [-0.1, -0.05) is 6.92 Å². The first-order chi connectivity index (χ1) is 5.79. The molecule has 0 saturated carbocycles. The monoisotopic (exact) mass is 169 g/mol. The van der Waals surface area contributed by atoms with Gasteiger partial charge in [-0.05, 0) is 30.8 Å². The highest BCUT2D eigenvalue weighted by Crippen LogP contribution is 2.05. The average molecular weight is 169 g/mol. The van der Waals surface area contributed by atoms with E-state index in [9.17, 15) is 0 Å². The van der Waals surface area contributed by atoms with Crippen molar-refractivity contribution in [3.8, 4) is 0 Å². The molecule has 0 radical (unpaired) electrons. The average Bonchev–Trinajstić information content (AvgIpc) is 2.52. The minimum absolute atomic E-state index is 0.214. The van der Waals surface area contributed by atoms with E-state index in [1.165, 1.54) is 0 Å². The predicted octanol–water partition coefficient (Wildman–Crippen LogP) is 0.363. The molecule has 0 aliphatic carbocycles. The highest BCUT2D eigenvalue weighted by Gasteiger charge is 2.10. The smallest absolute Gasteiger partial charge is 0.167 e. The number of rotatable bonds is 4. The Morgan fingerprint density at radius 2 is 2.33 bits per heavy atom. The summed E-state index contributed by atoms with van der Waals surface area (Å²) in [5.74, 6) is 0.902. The molecule has 68 valence electrons. The van der Waals surface area contributed by atoms with Gasteiger partial charge in [-0.3, -0.25) is 0 Å². The highest BCUT2D eigenvalue weighted by atomic mass is 15.5. The first kappa shape index (κ1) is 9.12. The SMILES string of the molecule is CCCn1nnnc1C(C)NC. The summed E-state index contributed by atoms with van der Waals surface area (Å²) in [6, 6.07) is 0.214. The summed E-state index contributed by atoms with van der Waals surface area (Å²) in [4.78, 5) is 0.